The van der Waals surface area contributed by atoms with Crippen LogP contribution in [0.25, 0.3) is 83.2 Å². The Morgan fingerprint density at radius 3 is 0.844 bits per heavy atom. The van der Waals surface area contributed by atoms with Crippen molar-refractivity contribution in [2.75, 3.05) is 0 Å². The number of para-hydroxylation sites is 2. The lowest BCUT2D eigenvalue weighted by atomic mass is 10.2. The van der Waals surface area contributed by atoms with Gasteiger partial charge in [-0.3, -0.25) is 27.3 Å². The van der Waals surface area contributed by atoms with Gasteiger partial charge in [0.2, 0.25) is 0 Å². The molecular weight excluding hydrogens is 1370 g/mol. The molecule has 4 aromatic heterocycles. The summed E-state index contributed by atoms with van der Waals surface area (Å²) in [6, 6.07) is 35.9. The third-order valence-corrected chi connectivity index (χ3v) is 23.3. The Bertz CT molecular complexity index is 5370. The largest absolute Gasteiger partial charge is 0.296 e. The van der Waals surface area contributed by atoms with Gasteiger partial charge in [-0.1, -0.05) is 36.4 Å². The van der Waals surface area contributed by atoms with Crippen molar-refractivity contribution in [3.8, 4) is 42.3 Å². The van der Waals surface area contributed by atoms with Crippen molar-refractivity contribution < 1.29 is 77.8 Å². The first kappa shape index (κ1) is 63.5. The summed E-state index contributed by atoms with van der Waals surface area (Å²) >= 11 is 4.38. The highest BCUT2D eigenvalue weighted by molar-refractivity contribution is 7.87. The Hall–Kier alpha value is -8.02. The van der Waals surface area contributed by atoms with Crippen LogP contribution in [0.5, 0.6) is 0 Å². The molecule has 0 bridgehead atoms. The van der Waals surface area contributed by atoms with Gasteiger partial charge in [0.25, 0.3) is 60.7 Å². The highest BCUT2D eigenvalue weighted by Crippen LogP contribution is 2.43. The Balaban J connectivity index is 0.000000190. The lowest BCUT2D eigenvalue weighted by molar-refractivity contribution is 0.481. The van der Waals surface area contributed by atoms with Crippen molar-refractivity contribution in [2.24, 2.45) is 20.5 Å². The molecule has 460 valence electrons. The van der Waals surface area contributed by atoms with Crippen LogP contribution in [-0.2, 0) is 60.7 Å². The van der Waals surface area contributed by atoms with Crippen molar-refractivity contribution in [1.82, 2.24) is 19.9 Å². The van der Waals surface area contributed by atoms with Crippen molar-refractivity contribution in [1.29, 1.82) is 0 Å². The second-order valence-electron chi connectivity index (χ2n) is 19.1. The van der Waals surface area contributed by atoms with Crippen molar-refractivity contribution >= 4 is 170 Å². The van der Waals surface area contributed by atoms with Gasteiger partial charge in [0.05, 0.1) is 40.9 Å². The van der Waals surface area contributed by atoms with E-state index in [0.29, 0.717) is 21.1 Å². The second-order valence-corrected chi connectivity index (χ2v) is 31.4. The number of benzene rings is 8. The molecule has 26 nitrogen and oxygen atoms in total. The van der Waals surface area contributed by atoms with Gasteiger partial charge < -0.3 is 0 Å². The molecule has 0 radical (unpaired) electrons. The van der Waals surface area contributed by atoms with Crippen LogP contribution in [0.2, 0.25) is 0 Å². The summed E-state index contributed by atoms with van der Waals surface area (Å²) in [5.74, 6) is 0. The quantitative estimate of drug-likeness (QED) is 0.0435. The van der Waals surface area contributed by atoms with E-state index in [1.807, 2.05) is 48.5 Å². The summed E-state index contributed by atoms with van der Waals surface area (Å²) in [5.41, 5.74) is 2.12. The fraction of sp³-hybridized carbons (Fsp3) is 0.0370. The molecule has 0 saturated heterocycles. The fourth-order valence-electron chi connectivity index (χ4n) is 8.97. The minimum Gasteiger partial charge on any atom is -0.282 e. The van der Waals surface area contributed by atoms with E-state index in [4.69, 9.17) is 0 Å². The van der Waals surface area contributed by atoms with Gasteiger partial charge >= 0.3 is 0 Å². The van der Waals surface area contributed by atoms with E-state index in [2.05, 4.69) is 40.4 Å². The van der Waals surface area contributed by atoms with Gasteiger partial charge in [-0.25, -0.2) is 19.9 Å². The average molecular weight is 1410 g/mol. The van der Waals surface area contributed by atoms with Crippen molar-refractivity contribution in [3.63, 3.8) is 0 Å². The number of aromatic nitrogens is 4. The molecule has 0 aliphatic heterocycles. The van der Waals surface area contributed by atoms with Crippen LogP contribution < -0.4 is 0 Å². The molecular formula is C54H36N8O18S10. The van der Waals surface area contributed by atoms with Gasteiger partial charge in [0, 0.05) is 22.3 Å². The molecule has 0 fully saturated rings. The minimum absolute atomic E-state index is 0.112. The fourth-order valence-corrected chi connectivity index (χ4v) is 18.1. The van der Waals surface area contributed by atoms with E-state index in [9.17, 15) is 77.8 Å². The maximum absolute atomic E-state index is 12.4. The highest BCUT2D eigenvalue weighted by Gasteiger charge is 2.27. The molecule has 0 aliphatic rings. The smallest absolute Gasteiger partial charge is 0.282 e. The van der Waals surface area contributed by atoms with Crippen LogP contribution in [-0.4, -0.2) is 97.8 Å². The molecule has 0 unspecified atom stereocenters. The summed E-state index contributed by atoms with van der Waals surface area (Å²) in [5, 5.41) is 16.8. The van der Waals surface area contributed by atoms with Gasteiger partial charge in [-0.2, -0.15) is 50.5 Å². The van der Waals surface area contributed by atoms with E-state index in [-0.39, 0.29) is 73.9 Å². The van der Waals surface area contributed by atoms with E-state index in [1.54, 1.807) is 12.1 Å². The maximum Gasteiger partial charge on any atom is 0.296 e. The number of aryl methyl sites for hydroxylation is 2. The van der Waals surface area contributed by atoms with E-state index < -0.39 is 91.7 Å². The Morgan fingerprint density at radius 1 is 0.311 bits per heavy atom. The van der Waals surface area contributed by atoms with E-state index in [0.717, 1.165) is 67.4 Å². The van der Waals surface area contributed by atoms with E-state index in [1.165, 1.54) is 97.2 Å². The zero-order valence-electron chi connectivity index (χ0n) is 45.1. The summed E-state index contributed by atoms with van der Waals surface area (Å²) in [6.07, 6.45) is 0. The molecule has 6 N–H and O–H groups in total. The second kappa shape index (κ2) is 23.7. The van der Waals surface area contributed by atoms with Crippen LogP contribution >= 0.6 is 45.3 Å². The number of thiazole rings is 4. The minimum atomic E-state index is -5.00. The Morgan fingerprint density at radius 2 is 0.578 bits per heavy atom. The summed E-state index contributed by atoms with van der Waals surface area (Å²) in [6.45, 7) is 2.95. The maximum atomic E-state index is 12.4. The molecule has 8 aromatic carbocycles. The molecule has 4 heterocycles. The Kier molecular flexibility index (Phi) is 16.7. The SMILES string of the molecule is Cc1ccc2nc(-c3ccc(N=Nc4ccc(-c5nc6ccc(C)c(S(=O)(=O)O)c6s5)cc4S(=O)(=O)O)c(S(=O)(=O)O)c3)sc2c1S(=O)(=O)O.O=S(=O)(O)c1cc(-c2nc3ccccc3s2)ccc1N=Nc1ccc(-c2nc3ccccc3s2)cc1S(=O)(=O)O. The van der Waals surface area contributed by atoms with Crippen LogP contribution in [0.4, 0.5) is 22.7 Å². The van der Waals surface area contributed by atoms with E-state index >= 15 is 0 Å². The predicted molar refractivity (Wildman–Crippen MR) is 337 cm³/mol. The molecule has 12 rings (SSSR count). The van der Waals surface area contributed by atoms with Gasteiger partial charge in [0.15, 0.2) is 0 Å². The third-order valence-electron chi connectivity index (χ3n) is 13.0. The zero-order chi connectivity index (χ0) is 64.6. The van der Waals surface area contributed by atoms with Crippen molar-refractivity contribution in [3.05, 3.63) is 157 Å². The molecule has 36 heteroatoms. The number of nitrogens with zero attached hydrogens (tertiary/aromatic N) is 8. The zero-order valence-corrected chi connectivity index (χ0v) is 53.3. The summed E-state index contributed by atoms with van der Waals surface area (Å²) in [7, 11) is -28.8. The number of fused-ring (bicyclic) bond motifs is 4. The first-order valence-corrected chi connectivity index (χ1v) is 36.9. The summed E-state index contributed by atoms with van der Waals surface area (Å²) < 4.78 is 208. The van der Waals surface area contributed by atoms with Gasteiger partial charge in [0.1, 0.15) is 72.2 Å². The van der Waals surface area contributed by atoms with Gasteiger partial charge in [-0.05, 0) is 134 Å². The number of hydrogen-bond acceptors (Lipinski definition) is 24. The molecule has 90 heavy (non-hydrogen) atoms. The number of azo groups is 2. The van der Waals surface area contributed by atoms with Crippen molar-refractivity contribution in [2.45, 2.75) is 43.2 Å². The number of hydrogen-bond donors (Lipinski definition) is 6. The van der Waals surface area contributed by atoms with Gasteiger partial charge in [-0.15, -0.1) is 65.8 Å². The van der Waals surface area contributed by atoms with Crippen LogP contribution in [0.1, 0.15) is 11.1 Å². The standard InChI is InChI=1S/C28H20N4O12S6.C26H16N4O6S4/c1-13-3-7-19-23(25(13)49(39,40)41)45-27(29-19)15-5-9-17(21(11-15)47(33,34)35)31-32-18-10-6-16(12-22(18)48(36,37)38)28-30-20-8-4-14(2)26(24(20)46-28)50(42,43)44;31-39(32,33)23-13-15(25-27-17-5-1-3-7-21(17)37-25)9-11-19(23)29-30-20-12-10-16(14-24(20)40(34,35)36)26-28-18-6-2-4-8-22(18)38-26/h3-12H,1-2H3,(H,33,34,35)(H,36,37,38)(H,39,40,41)(H,42,43,44);1-14H,(H,31,32,33)(H,34,35,36). The molecule has 0 saturated carbocycles. The lowest BCUT2D eigenvalue weighted by Gasteiger charge is -2.06. The van der Waals surface area contributed by atoms with Crippen LogP contribution in [0.3, 0.4) is 0 Å². The Labute approximate surface area is 525 Å². The lowest BCUT2D eigenvalue weighted by Crippen LogP contribution is -2.00. The predicted octanol–water partition coefficient (Wildman–Crippen LogP) is 13.4. The third kappa shape index (κ3) is 13.3. The monoisotopic (exact) mass is 1400 g/mol. The first-order chi connectivity index (χ1) is 42.2. The normalized spacial score (nSPS) is 12.9. The van der Waals surface area contributed by atoms with Crippen LogP contribution in [0, 0.1) is 13.8 Å². The average Bonchev–Trinajstić information content (AvgIpc) is 1.61. The number of rotatable bonds is 14. The molecule has 0 amide bonds. The highest BCUT2D eigenvalue weighted by atomic mass is 32.2. The molecule has 0 aliphatic carbocycles. The summed E-state index contributed by atoms with van der Waals surface area (Å²) in [4.78, 5) is 14.3. The molecule has 0 spiro atoms. The molecule has 0 atom stereocenters. The topological polar surface area (TPSA) is 427 Å². The molecule has 12 aromatic rings. The van der Waals surface area contributed by atoms with Crippen LogP contribution in [0.15, 0.2) is 195 Å². The first-order valence-electron chi connectivity index (χ1n) is 25.0.